The lowest BCUT2D eigenvalue weighted by Gasteiger charge is -2.29. The van der Waals surface area contributed by atoms with E-state index in [1.807, 2.05) is 18.3 Å². The predicted octanol–water partition coefficient (Wildman–Crippen LogP) is 1.98. The minimum Gasteiger partial charge on any atom is -0.379 e. The van der Waals surface area contributed by atoms with Crippen molar-refractivity contribution in [2.45, 2.75) is 6.35 Å². The van der Waals surface area contributed by atoms with Crippen LogP contribution in [-0.2, 0) is 9.47 Å². The average molecular weight is 575 g/mol. The Morgan fingerprint density at radius 1 is 0.905 bits per heavy atom. The minimum absolute atomic E-state index is 0.131. The number of H-pyrrole nitrogens is 1. The lowest BCUT2D eigenvalue weighted by molar-refractivity contribution is 0.0383. The van der Waals surface area contributed by atoms with E-state index in [1.54, 1.807) is 48.5 Å². The molecule has 5 rings (SSSR count). The highest BCUT2D eigenvalue weighted by molar-refractivity contribution is 6.09. The second-order valence-corrected chi connectivity index (χ2v) is 10.0. The summed E-state index contributed by atoms with van der Waals surface area (Å²) in [5.74, 6) is 0.724. The van der Waals surface area contributed by atoms with E-state index in [0.29, 0.717) is 61.2 Å². The lowest BCUT2D eigenvalue weighted by atomic mass is 10.2. The zero-order chi connectivity index (χ0) is 29.1. The molecule has 3 heterocycles. The number of carbonyl (C=O) groups excluding carboxylic acids is 1. The average Bonchev–Trinajstić information content (AvgIpc) is 3.56. The zero-order valence-electron chi connectivity index (χ0n) is 23.5. The number of hydrogen-bond acceptors (Lipinski definition) is 8. The molecular formula is C30H38N8O4. The Morgan fingerprint density at radius 2 is 1.50 bits per heavy atom. The first-order valence-electron chi connectivity index (χ1n) is 14.2. The van der Waals surface area contributed by atoms with Crippen molar-refractivity contribution in [2.24, 2.45) is 4.99 Å². The van der Waals surface area contributed by atoms with Gasteiger partial charge in [0.25, 0.3) is 5.91 Å². The van der Waals surface area contributed by atoms with Crippen LogP contribution in [0.3, 0.4) is 0 Å². The Hall–Kier alpha value is -4.23. The standard InChI is InChI=1S/C30H38N8O4/c31-27(36-28(26-2-1-11-32-26)38-16-20-42-21-17-38)22-3-7-24(8-4-22)34-30(40)35-25-9-5-23(6-10-25)29(39)33-12-13-37-14-18-41-19-15-37/h1-11,30-32,34-35,40H,12-21H2,(H,33,39). The second kappa shape index (κ2) is 14.6. The van der Waals surface area contributed by atoms with E-state index < -0.39 is 6.35 Å². The van der Waals surface area contributed by atoms with Gasteiger partial charge in [-0.3, -0.25) is 15.1 Å². The van der Waals surface area contributed by atoms with E-state index in [-0.39, 0.29) is 11.7 Å². The number of aliphatic hydroxyl groups is 1. The van der Waals surface area contributed by atoms with Crippen molar-refractivity contribution in [1.82, 2.24) is 20.1 Å². The number of aromatic nitrogens is 1. The molecule has 0 spiro atoms. The van der Waals surface area contributed by atoms with Gasteiger partial charge in [0.1, 0.15) is 0 Å². The third-order valence-corrected chi connectivity index (χ3v) is 7.10. The molecule has 2 aliphatic rings. The van der Waals surface area contributed by atoms with Gasteiger partial charge in [-0.2, -0.15) is 0 Å². The first-order chi connectivity index (χ1) is 20.5. The van der Waals surface area contributed by atoms with Crippen molar-refractivity contribution in [1.29, 1.82) is 5.41 Å². The van der Waals surface area contributed by atoms with E-state index in [9.17, 15) is 9.90 Å². The van der Waals surface area contributed by atoms with Crippen molar-refractivity contribution in [3.05, 3.63) is 83.7 Å². The van der Waals surface area contributed by atoms with Crippen molar-refractivity contribution in [3.63, 3.8) is 0 Å². The number of aliphatic imine (C=N–C) groups is 1. The molecule has 0 radical (unpaired) electrons. The monoisotopic (exact) mass is 574 g/mol. The van der Waals surface area contributed by atoms with E-state index in [0.717, 1.165) is 38.5 Å². The number of aliphatic hydroxyl groups excluding tert-OH is 1. The second-order valence-electron chi connectivity index (χ2n) is 10.0. The fraction of sp³-hybridized carbons (Fsp3) is 0.367. The quantitative estimate of drug-likeness (QED) is 0.122. The van der Waals surface area contributed by atoms with Crippen LogP contribution in [0.1, 0.15) is 21.6 Å². The van der Waals surface area contributed by atoms with Crippen molar-refractivity contribution in [2.75, 3.05) is 76.3 Å². The molecule has 42 heavy (non-hydrogen) atoms. The third-order valence-electron chi connectivity index (χ3n) is 7.10. The summed E-state index contributed by atoms with van der Waals surface area (Å²) >= 11 is 0. The first kappa shape index (κ1) is 29.3. The molecule has 0 aliphatic carbocycles. The molecule has 1 aromatic heterocycles. The molecule has 12 nitrogen and oxygen atoms in total. The molecule has 1 amide bonds. The molecule has 2 fully saturated rings. The summed E-state index contributed by atoms with van der Waals surface area (Å²) in [5, 5.41) is 28.0. The number of amides is 1. The van der Waals surface area contributed by atoms with Crippen LogP contribution < -0.4 is 16.0 Å². The number of rotatable bonds is 10. The van der Waals surface area contributed by atoms with Crippen LogP contribution in [0.5, 0.6) is 0 Å². The fourth-order valence-electron chi connectivity index (χ4n) is 4.76. The lowest BCUT2D eigenvalue weighted by Crippen LogP contribution is -2.41. The molecule has 0 bridgehead atoms. The number of anilines is 2. The predicted molar refractivity (Wildman–Crippen MR) is 162 cm³/mol. The molecule has 222 valence electrons. The number of nitrogens with zero attached hydrogens (tertiary/aromatic N) is 3. The summed E-state index contributed by atoms with van der Waals surface area (Å²) in [5.41, 5.74) is 3.39. The van der Waals surface area contributed by atoms with Crippen LogP contribution in [0, 0.1) is 5.41 Å². The van der Waals surface area contributed by atoms with Crippen LogP contribution in [0.15, 0.2) is 71.9 Å². The topological polar surface area (TPSA) is 150 Å². The van der Waals surface area contributed by atoms with Crippen LogP contribution >= 0.6 is 0 Å². The highest BCUT2D eigenvalue weighted by Crippen LogP contribution is 2.15. The van der Waals surface area contributed by atoms with Crippen molar-refractivity contribution < 1.29 is 19.4 Å². The maximum Gasteiger partial charge on any atom is 0.251 e. The van der Waals surface area contributed by atoms with Gasteiger partial charge in [0, 0.05) is 68.0 Å². The van der Waals surface area contributed by atoms with Gasteiger partial charge in [-0.1, -0.05) is 0 Å². The van der Waals surface area contributed by atoms with Crippen LogP contribution in [0.25, 0.3) is 0 Å². The Labute approximate surface area is 245 Å². The van der Waals surface area contributed by atoms with Gasteiger partial charge in [0.05, 0.1) is 32.1 Å². The number of morpholine rings is 2. The van der Waals surface area contributed by atoms with E-state index in [1.165, 1.54) is 0 Å². The van der Waals surface area contributed by atoms with Gasteiger partial charge >= 0.3 is 0 Å². The number of amidine groups is 2. The highest BCUT2D eigenvalue weighted by Gasteiger charge is 2.19. The highest BCUT2D eigenvalue weighted by atomic mass is 16.5. The molecule has 3 aromatic rings. The van der Waals surface area contributed by atoms with Crippen molar-refractivity contribution in [3.8, 4) is 0 Å². The molecule has 1 unspecified atom stereocenters. The summed E-state index contributed by atoms with van der Waals surface area (Å²) < 4.78 is 10.8. The van der Waals surface area contributed by atoms with Gasteiger partial charge in [0.2, 0.25) is 6.35 Å². The molecule has 12 heteroatoms. The summed E-state index contributed by atoms with van der Waals surface area (Å²) in [6.45, 7) is 7.30. The van der Waals surface area contributed by atoms with Crippen molar-refractivity contribution >= 4 is 29.0 Å². The number of benzene rings is 2. The Balaban J connectivity index is 1.11. The molecular weight excluding hydrogens is 536 g/mol. The molecule has 1 atom stereocenters. The number of ether oxygens (including phenoxy) is 2. The molecule has 2 aliphatic heterocycles. The summed E-state index contributed by atoms with van der Waals surface area (Å²) in [6, 6.07) is 18.0. The van der Waals surface area contributed by atoms with Crippen LogP contribution in [0.4, 0.5) is 11.4 Å². The SMILES string of the molecule is N=C(N=C(c1ccc[nH]1)N1CCOCC1)c1ccc(NC(O)Nc2ccc(C(=O)NCCN3CCOCC3)cc2)cc1. The number of carbonyl (C=O) groups is 1. The van der Waals surface area contributed by atoms with Gasteiger partial charge < -0.3 is 40.4 Å². The maximum absolute atomic E-state index is 12.5. The van der Waals surface area contributed by atoms with Gasteiger partial charge in [-0.05, 0) is 60.7 Å². The summed E-state index contributed by atoms with van der Waals surface area (Å²) in [7, 11) is 0. The maximum atomic E-state index is 12.5. The van der Waals surface area contributed by atoms with E-state index >= 15 is 0 Å². The minimum atomic E-state index is -1.07. The Kier molecular flexibility index (Phi) is 10.2. The largest absolute Gasteiger partial charge is 0.379 e. The molecule has 6 N–H and O–H groups in total. The normalized spacial score (nSPS) is 17.0. The van der Waals surface area contributed by atoms with E-state index in [4.69, 9.17) is 14.9 Å². The van der Waals surface area contributed by atoms with Gasteiger partial charge in [-0.25, -0.2) is 4.99 Å². The fourth-order valence-corrected chi connectivity index (χ4v) is 4.76. The van der Waals surface area contributed by atoms with Crippen LogP contribution in [-0.4, -0.2) is 110 Å². The molecule has 0 saturated carbocycles. The van der Waals surface area contributed by atoms with Gasteiger partial charge in [0.15, 0.2) is 11.7 Å². The molecule has 2 saturated heterocycles. The number of nitrogens with one attached hydrogen (secondary N) is 5. The summed E-state index contributed by atoms with van der Waals surface area (Å²) in [6.07, 6.45) is 0.775. The molecule has 2 aromatic carbocycles. The number of aromatic amines is 1. The smallest absolute Gasteiger partial charge is 0.251 e. The van der Waals surface area contributed by atoms with E-state index in [2.05, 4.69) is 35.7 Å². The summed E-state index contributed by atoms with van der Waals surface area (Å²) in [4.78, 5) is 24.7. The Morgan fingerprint density at radius 3 is 2.10 bits per heavy atom. The van der Waals surface area contributed by atoms with Crippen LogP contribution in [0.2, 0.25) is 0 Å². The van der Waals surface area contributed by atoms with Gasteiger partial charge in [-0.15, -0.1) is 0 Å². The third kappa shape index (κ3) is 8.17. The number of hydrogen-bond donors (Lipinski definition) is 6. The zero-order valence-corrected chi connectivity index (χ0v) is 23.5. The first-order valence-corrected chi connectivity index (χ1v) is 14.2. The Bertz CT molecular complexity index is 1320.